The molecule has 5 rings (SSSR count). The number of aromatic nitrogens is 3. The van der Waals surface area contributed by atoms with E-state index in [9.17, 15) is 23.5 Å². The topological polar surface area (TPSA) is 144 Å². The lowest BCUT2D eigenvalue weighted by Crippen LogP contribution is -2.43. The van der Waals surface area contributed by atoms with Gasteiger partial charge in [0.2, 0.25) is 5.91 Å². The summed E-state index contributed by atoms with van der Waals surface area (Å²) in [6.45, 7) is 2.76. The molecule has 2 aliphatic carbocycles. The van der Waals surface area contributed by atoms with Gasteiger partial charge in [-0.2, -0.15) is 10.4 Å². The molecule has 12 heteroatoms. The molecule has 210 valence electrons. The molecule has 40 heavy (non-hydrogen) atoms. The molecule has 0 unspecified atom stereocenters. The number of hydrogen-bond acceptors (Lipinski definition) is 7. The lowest BCUT2D eigenvalue weighted by atomic mass is 9.80. The minimum absolute atomic E-state index is 0.0178. The van der Waals surface area contributed by atoms with Crippen LogP contribution in [0.25, 0.3) is 16.9 Å². The van der Waals surface area contributed by atoms with Crippen LogP contribution in [0.2, 0.25) is 0 Å². The van der Waals surface area contributed by atoms with Gasteiger partial charge in [-0.1, -0.05) is 0 Å². The smallest absolute Gasteiger partial charge is 0.255 e. The molecule has 10 nitrogen and oxygen atoms in total. The van der Waals surface area contributed by atoms with E-state index in [4.69, 9.17) is 5.26 Å². The molecule has 3 aromatic heterocycles. The van der Waals surface area contributed by atoms with Gasteiger partial charge in [0.1, 0.15) is 18.4 Å². The fraction of sp³-hybridized carbons (Fsp3) is 0.464. The number of carbonyl (C=O) groups excluding carboxylic acids is 2. The van der Waals surface area contributed by atoms with Gasteiger partial charge in [-0.3, -0.25) is 14.6 Å². The molecule has 2 fully saturated rings. The largest absolute Gasteiger partial charge is 0.387 e. The third-order valence-electron chi connectivity index (χ3n) is 7.46. The molecule has 0 aliphatic heterocycles. The Morgan fingerprint density at radius 1 is 1.23 bits per heavy atom. The van der Waals surface area contributed by atoms with Crippen LogP contribution < -0.4 is 16.0 Å². The van der Waals surface area contributed by atoms with Crippen molar-refractivity contribution in [2.45, 2.75) is 57.1 Å². The zero-order chi connectivity index (χ0) is 28.6. The molecule has 0 bridgehead atoms. The molecule has 2 saturated carbocycles. The monoisotopic (exact) mass is 551 g/mol. The number of fused-ring (bicyclic) bond motifs is 1. The third-order valence-corrected chi connectivity index (χ3v) is 7.46. The van der Waals surface area contributed by atoms with Gasteiger partial charge < -0.3 is 21.1 Å². The Balaban J connectivity index is 1.32. The number of anilines is 1. The summed E-state index contributed by atoms with van der Waals surface area (Å²) < 4.78 is 29.0. The minimum atomic E-state index is -1.66. The highest BCUT2D eigenvalue weighted by molar-refractivity contribution is 6.00. The maximum atomic E-state index is 14.3. The molecule has 2 amide bonds. The Labute approximate surface area is 229 Å². The van der Waals surface area contributed by atoms with Crippen molar-refractivity contribution in [3.8, 4) is 17.5 Å². The number of nitrogens with zero attached hydrogens (tertiary/aromatic N) is 4. The van der Waals surface area contributed by atoms with Crippen molar-refractivity contribution >= 4 is 23.0 Å². The summed E-state index contributed by atoms with van der Waals surface area (Å²) in [7, 11) is 0. The second kappa shape index (κ2) is 10.8. The highest BCUT2D eigenvalue weighted by Gasteiger charge is 2.44. The standard InChI is InChI=1S/C28H31F2N7O3/c1-28(2,40)25(30)14-34-27(39)20-13-32-23(24-4-3-18-7-16(10-31)12-35-37(18)24)9-22(20)36-17-5-15(6-17)11-33-26(38)19-8-21(19)29/h3-4,7,9,12-13,15,17,19,21,25,40H,5-6,8,11,14H2,1-2H3,(H,32,36)(H,33,38)(H,34,39)/t15-,17-,19-,21-,25-/m1/s1. The van der Waals surface area contributed by atoms with Gasteiger partial charge in [-0.05, 0) is 63.3 Å². The number of nitrogens with one attached hydrogen (secondary N) is 3. The predicted molar refractivity (Wildman–Crippen MR) is 143 cm³/mol. The van der Waals surface area contributed by atoms with Crippen LogP contribution in [0, 0.1) is 23.2 Å². The molecule has 0 spiro atoms. The molecule has 0 aromatic carbocycles. The number of halogens is 2. The van der Waals surface area contributed by atoms with E-state index in [-0.39, 0.29) is 30.0 Å². The average Bonchev–Trinajstić information content (AvgIpc) is 3.49. The fourth-order valence-electron chi connectivity index (χ4n) is 4.73. The zero-order valence-electron chi connectivity index (χ0n) is 22.2. The first kappa shape index (κ1) is 27.5. The van der Waals surface area contributed by atoms with Crippen molar-refractivity contribution in [2.75, 3.05) is 18.4 Å². The number of aliphatic hydroxyl groups is 1. The summed E-state index contributed by atoms with van der Waals surface area (Å²) in [6, 6.07) is 9.14. The predicted octanol–water partition coefficient (Wildman–Crippen LogP) is 2.77. The number of alkyl halides is 2. The van der Waals surface area contributed by atoms with Crippen molar-refractivity contribution in [3.05, 3.63) is 47.8 Å². The summed E-state index contributed by atoms with van der Waals surface area (Å²) >= 11 is 0. The van der Waals surface area contributed by atoms with Crippen LogP contribution in [0.1, 0.15) is 49.0 Å². The molecule has 3 atom stereocenters. The van der Waals surface area contributed by atoms with Crippen molar-refractivity contribution < 1.29 is 23.5 Å². The van der Waals surface area contributed by atoms with Gasteiger partial charge in [0.15, 0.2) is 0 Å². The van der Waals surface area contributed by atoms with Crippen molar-refractivity contribution in [1.29, 1.82) is 5.26 Å². The molecule has 0 radical (unpaired) electrons. The lowest BCUT2D eigenvalue weighted by Gasteiger charge is -2.37. The van der Waals surface area contributed by atoms with Crippen molar-refractivity contribution in [1.82, 2.24) is 25.2 Å². The van der Waals surface area contributed by atoms with Gasteiger partial charge in [-0.15, -0.1) is 0 Å². The van der Waals surface area contributed by atoms with Crippen LogP contribution in [0.3, 0.4) is 0 Å². The van der Waals surface area contributed by atoms with E-state index >= 15 is 0 Å². The number of rotatable bonds is 10. The highest BCUT2D eigenvalue weighted by Crippen LogP contribution is 2.35. The van der Waals surface area contributed by atoms with Crippen LogP contribution in [0.5, 0.6) is 0 Å². The fourth-order valence-corrected chi connectivity index (χ4v) is 4.73. The maximum absolute atomic E-state index is 14.3. The average molecular weight is 552 g/mol. The van der Waals surface area contributed by atoms with E-state index in [1.165, 1.54) is 26.2 Å². The normalized spacial score (nSPS) is 22.6. The zero-order valence-corrected chi connectivity index (χ0v) is 22.2. The van der Waals surface area contributed by atoms with Gasteiger partial charge >= 0.3 is 0 Å². The molecular formula is C28H31F2N7O3. The Morgan fingerprint density at radius 3 is 2.65 bits per heavy atom. The van der Waals surface area contributed by atoms with E-state index in [0.717, 1.165) is 12.8 Å². The first-order valence-corrected chi connectivity index (χ1v) is 13.2. The van der Waals surface area contributed by atoms with Crippen molar-refractivity contribution in [2.24, 2.45) is 11.8 Å². The SMILES string of the molecule is CC(C)(O)[C@H](F)CNC(=O)c1cnc(-c2ccc3cc(C#N)cnn23)cc1N[C@H]1C[C@H](CNC(=O)[C@@H]2C[C@H]2F)C1. The van der Waals surface area contributed by atoms with Crippen LogP contribution >= 0.6 is 0 Å². The number of pyridine rings is 1. The number of carbonyl (C=O) groups is 2. The second-order valence-electron chi connectivity index (χ2n) is 11.1. The van der Waals surface area contributed by atoms with Crippen molar-refractivity contribution in [3.63, 3.8) is 0 Å². The van der Waals surface area contributed by atoms with Gasteiger partial charge in [-0.25, -0.2) is 13.3 Å². The van der Waals surface area contributed by atoms with Gasteiger partial charge in [0, 0.05) is 18.8 Å². The Kier molecular flexibility index (Phi) is 7.42. The molecule has 4 N–H and O–H groups in total. The van der Waals surface area contributed by atoms with Gasteiger partial charge in [0.25, 0.3) is 5.91 Å². The van der Waals surface area contributed by atoms with E-state index in [2.05, 4.69) is 32.1 Å². The Hall–Kier alpha value is -4.11. The van der Waals surface area contributed by atoms with E-state index in [1.54, 1.807) is 16.6 Å². The van der Waals surface area contributed by atoms with Crippen LogP contribution in [-0.4, -0.2) is 68.6 Å². The summed E-state index contributed by atoms with van der Waals surface area (Å²) in [5.41, 5.74) is 1.43. The lowest BCUT2D eigenvalue weighted by molar-refractivity contribution is -0.123. The minimum Gasteiger partial charge on any atom is -0.387 e. The van der Waals surface area contributed by atoms with Crippen LogP contribution in [0.15, 0.2) is 36.7 Å². The molecule has 2 aliphatic rings. The quantitative estimate of drug-likeness (QED) is 0.303. The van der Waals surface area contributed by atoms with Crippen LogP contribution in [-0.2, 0) is 4.79 Å². The number of amides is 2. The number of nitriles is 1. The third kappa shape index (κ3) is 5.89. The summed E-state index contributed by atoms with van der Waals surface area (Å²) in [6.07, 6.45) is 1.94. The first-order chi connectivity index (χ1) is 19.0. The van der Waals surface area contributed by atoms with Crippen LogP contribution in [0.4, 0.5) is 14.5 Å². The molecule has 3 heterocycles. The first-order valence-electron chi connectivity index (χ1n) is 13.2. The van der Waals surface area contributed by atoms with E-state index in [0.29, 0.717) is 41.1 Å². The maximum Gasteiger partial charge on any atom is 0.255 e. The second-order valence-corrected chi connectivity index (χ2v) is 11.1. The molecular weight excluding hydrogens is 520 g/mol. The summed E-state index contributed by atoms with van der Waals surface area (Å²) in [5.74, 6) is -1.08. The number of hydrogen-bond donors (Lipinski definition) is 4. The Bertz CT molecular complexity index is 1470. The summed E-state index contributed by atoms with van der Waals surface area (Å²) in [5, 5.41) is 32.1. The Morgan fingerprint density at radius 2 is 1.98 bits per heavy atom. The summed E-state index contributed by atoms with van der Waals surface area (Å²) in [4.78, 5) is 29.4. The molecule has 3 aromatic rings. The van der Waals surface area contributed by atoms with E-state index < -0.39 is 29.8 Å². The molecule has 0 saturated heterocycles. The van der Waals surface area contributed by atoms with Gasteiger partial charge in [0.05, 0.1) is 58.0 Å². The van der Waals surface area contributed by atoms with E-state index in [1.807, 2.05) is 12.1 Å². The highest BCUT2D eigenvalue weighted by atomic mass is 19.1.